The smallest absolute Gasteiger partial charge is 0.335 e. The Morgan fingerprint density at radius 1 is 0.720 bits per heavy atom. The zero-order valence-electron chi connectivity index (χ0n) is 15.0. The monoisotopic (exact) mass is 394 g/mol. The van der Waals surface area contributed by atoms with Crippen LogP contribution < -0.4 is 0 Å². The predicted octanol–water partition coefficient (Wildman–Crippen LogP) is 3.78. The van der Waals surface area contributed by atoms with Gasteiger partial charge in [0.15, 0.2) is 0 Å². The third-order valence-electron chi connectivity index (χ3n) is 5.45. The SMILES string of the molecule is CCC(CC)(c1cc(O)cc(C(CC)(CC)P(=O)(O)O)c1)P(=O)(O)O. The molecule has 0 radical (unpaired) electrons. The van der Waals surface area contributed by atoms with E-state index in [9.17, 15) is 33.8 Å². The molecule has 25 heavy (non-hydrogen) atoms. The van der Waals surface area contributed by atoms with Gasteiger partial charge in [-0.25, -0.2) is 0 Å². The first-order valence-corrected chi connectivity index (χ1v) is 11.5. The van der Waals surface area contributed by atoms with Crippen LogP contribution in [0.4, 0.5) is 0 Å². The van der Waals surface area contributed by atoms with Crippen LogP contribution in [0, 0.1) is 0 Å². The van der Waals surface area contributed by atoms with E-state index in [0.717, 1.165) is 0 Å². The molecule has 0 aromatic heterocycles. The molecule has 0 aliphatic carbocycles. The lowest BCUT2D eigenvalue weighted by Gasteiger charge is -2.36. The number of phenolic OH excluding ortho intramolecular Hbond substituents is 1. The average molecular weight is 394 g/mol. The summed E-state index contributed by atoms with van der Waals surface area (Å²) in [5.41, 5.74) is 0.390. The van der Waals surface area contributed by atoms with E-state index >= 15 is 0 Å². The Hall–Kier alpha value is -0.680. The summed E-state index contributed by atoms with van der Waals surface area (Å²) in [5, 5.41) is 7.11. The quantitative estimate of drug-likeness (QED) is 0.423. The molecule has 0 unspecified atom stereocenters. The minimum Gasteiger partial charge on any atom is -0.508 e. The summed E-state index contributed by atoms with van der Waals surface area (Å²) in [6.07, 6.45) is 0.491. The molecule has 0 heterocycles. The molecule has 1 rings (SSSR count). The van der Waals surface area contributed by atoms with Crippen molar-refractivity contribution in [2.75, 3.05) is 0 Å². The molecule has 5 N–H and O–H groups in total. The molecular formula is C16H28O7P2. The number of phenols is 1. The van der Waals surface area contributed by atoms with E-state index in [1.807, 2.05) is 0 Å². The van der Waals surface area contributed by atoms with Gasteiger partial charge in [-0.05, 0) is 48.9 Å². The number of benzene rings is 1. The van der Waals surface area contributed by atoms with Crippen molar-refractivity contribution in [2.24, 2.45) is 0 Å². The maximum atomic E-state index is 12.2. The Bertz CT molecular complexity index is 640. The van der Waals surface area contributed by atoms with Crippen molar-refractivity contribution in [1.82, 2.24) is 0 Å². The molecule has 0 fully saturated rings. The third-order valence-corrected chi connectivity index (χ3v) is 9.46. The Kier molecular flexibility index (Phi) is 6.72. The van der Waals surface area contributed by atoms with E-state index in [2.05, 4.69) is 0 Å². The van der Waals surface area contributed by atoms with Crippen molar-refractivity contribution < 1.29 is 33.8 Å². The first-order chi connectivity index (χ1) is 11.3. The second kappa shape index (κ2) is 7.51. The zero-order chi connectivity index (χ0) is 19.7. The molecule has 7 nitrogen and oxygen atoms in total. The number of hydrogen-bond donors (Lipinski definition) is 5. The van der Waals surface area contributed by atoms with Crippen molar-refractivity contribution in [2.45, 2.75) is 63.7 Å². The van der Waals surface area contributed by atoms with Gasteiger partial charge in [0.25, 0.3) is 0 Å². The van der Waals surface area contributed by atoms with E-state index in [1.165, 1.54) is 18.2 Å². The second-order valence-electron chi connectivity index (χ2n) is 6.33. The van der Waals surface area contributed by atoms with Crippen LogP contribution in [-0.4, -0.2) is 24.7 Å². The van der Waals surface area contributed by atoms with Crippen LogP contribution in [-0.2, 0) is 19.4 Å². The third kappa shape index (κ3) is 3.73. The highest BCUT2D eigenvalue weighted by Gasteiger charge is 2.49. The second-order valence-corrected chi connectivity index (χ2v) is 10.2. The van der Waals surface area contributed by atoms with E-state index in [4.69, 9.17) is 0 Å². The molecule has 0 atom stereocenters. The van der Waals surface area contributed by atoms with E-state index in [1.54, 1.807) is 27.7 Å². The molecule has 0 aliphatic heterocycles. The fraction of sp³-hybridized carbons (Fsp3) is 0.625. The van der Waals surface area contributed by atoms with Crippen LogP contribution in [0.3, 0.4) is 0 Å². The summed E-state index contributed by atoms with van der Waals surface area (Å²) in [4.78, 5) is 39.7. The van der Waals surface area contributed by atoms with Gasteiger partial charge < -0.3 is 24.7 Å². The van der Waals surface area contributed by atoms with Crippen LogP contribution in [0.15, 0.2) is 18.2 Å². The van der Waals surface area contributed by atoms with E-state index in [0.29, 0.717) is 0 Å². The Balaban J connectivity index is 3.83. The number of rotatable bonds is 8. The summed E-state index contributed by atoms with van der Waals surface area (Å²) >= 11 is 0. The van der Waals surface area contributed by atoms with E-state index in [-0.39, 0.29) is 42.6 Å². The fourth-order valence-corrected chi connectivity index (χ4v) is 6.20. The Morgan fingerprint density at radius 2 is 1.00 bits per heavy atom. The van der Waals surface area contributed by atoms with Crippen molar-refractivity contribution in [3.63, 3.8) is 0 Å². The first-order valence-electron chi connectivity index (χ1n) is 8.31. The summed E-state index contributed by atoms with van der Waals surface area (Å²) in [5.74, 6) is -0.271. The normalized spacial score (nSPS) is 13.9. The molecule has 0 aliphatic rings. The van der Waals surface area contributed by atoms with Gasteiger partial charge in [0, 0.05) is 0 Å². The van der Waals surface area contributed by atoms with Gasteiger partial charge in [-0.2, -0.15) is 0 Å². The maximum Gasteiger partial charge on any atom is 0.335 e. The first kappa shape index (κ1) is 22.4. The highest BCUT2D eigenvalue weighted by atomic mass is 31.2. The molecule has 0 bridgehead atoms. The molecular weight excluding hydrogens is 366 g/mol. The lowest BCUT2D eigenvalue weighted by molar-refractivity contribution is 0.312. The molecule has 0 spiro atoms. The molecule has 1 aromatic carbocycles. The minimum atomic E-state index is -4.58. The van der Waals surface area contributed by atoms with Crippen LogP contribution in [0.25, 0.3) is 0 Å². The lowest BCUT2D eigenvalue weighted by Crippen LogP contribution is -2.28. The highest BCUT2D eigenvalue weighted by molar-refractivity contribution is 7.53. The molecule has 1 aromatic rings. The van der Waals surface area contributed by atoms with Gasteiger partial charge in [-0.15, -0.1) is 0 Å². The molecule has 144 valence electrons. The van der Waals surface area contributed by atoms with Gasteiger partial charge in [0.1, 0.15) is 5.75 Å². The Labute approximate surface area is 148 Å². The van der Waals surface area contributed by atoms with E-state index < -0.39 is 25.5 Å². The average Bonchev–Trinajstić information content (AvgIpc) is 2.47. The summed E-state index contributed by atoms with van der Waals surface area (Å²) < 4.78 is 24.4. The summed E-state index contributed by atoms with van der Waals surface area (Å²) in [7, 11) is -9.17. The molecule has 0 saturated heterocycles. The predicted molar refractivity (Wildman–Crippen MR) is 96.7 cm³/mol. The highest BCUT2D eigenvalue weighted by Crippen LogP contribution is 2.64. The number of hydrogen-bond acceptors (Lipinski definition) is 3. The van der Waals surface area contributed by atoms with Crippen LogP contribution in [0.5, 0.6) is 5.75 Å². The molecule has 0 amide bonds. The summed E-state index contributed by atoms with van der Waals surface area (Å²) in [6.45, 7) is 6.56. The van der Waals surface area contributed by atoms with Crippen molar-refractivity contribution in [3.8, 4) is 5.75 Å². The fourth-order valence-electron chi connectivity index (χ4n) is 3.63. The molecule has 9 heteroatoms. The van der Waals surface area contributed by atoms with Crippen molar-refractivity contribution in [3.05, 3.63) is 29.3 Å². The lowest BCUT2D eigenvalue weighted by atomic mass is 9.86. The summed E-state index contributed by atoms with van der Waals surface area (Å²) in [6, 6.07) is 3.97. The number of aromatic hydroxyl groups is 1. The largest absolute Gasteiger partial charge is 0.508 e. The van der Waals surface area contributed by atoms with Crippen LogP contribution >= 0.6 is 15.2 Å². The van der Waals surface area contributed by atoms with Gasteiger partial charge >= 0.3 is 15.2 Å². The van der Waals surface area contributed by atoms with Crippen LogP contribution in [0.2, 0.25) is 0 Å². The topological polar surface area (TPSA) is 135 Å². The van der Waals surface area contributed by atoms with Crippen LogP contribution in [0.1, 0.15) is 64.5 Å². The van der Waals surface area contributed by atoms with Crippen molar-refractivity contribution >= 4 is 15.2 Å². The standard InChI is InChI=1S/C16H28O7P2/c1-5-15(6-2,24(18,19)20)12-9-13(11-14(17)10-12)16(7-3,8-4)25(21,22)23/h9-11,17H,5-8H2,1-4H3,(H2,18,19,20)(H2,21,22,23). The van der Waals surface area contributed by atoms with Crippen molar-refractivity contribution in [1.29, 1.82) is 0 Å². The van der Waals surface area contributed by atoms with Gasteiger partial charge in [0.05, 0.1) is 10.3 Å². The maximum absolute atomic E-state index is 12.2. The van der Waals surface area contributed by atoms with Gasteiger partial charge in [-0.1, -0.05) is 33.8 Å². The van der Waals surface area contributed by atoms with Gasteiger partial charge in [-0.3, -0.25) is 9.13 Å². The Morgan fingerprint density at radius 3 is 1.20 bits per heavy atom. The molecule has 0 saturated carbocycles. The van der Waals surface area contributed by atoms with Gasteiger partial charge in [0.2, 0.25) is 0 Å². The minimum absolute atomic E-state index is 0.123. The zero-order valence-corrected chi connectivity index (χ0v) is 16.8.